The van der Waals surface area contributed by atoms with Crippen LogP contribution in [0.1, 0.15) is 69.1 Å². The van der Waals surface area contributed by atoms with Gasteiger partial charge in [-0.25, -0.2) is 9.59 Å². The maximum Gasteiger partial charge on any atom is 0.410 e. The van der Waals surface area contributed by atoms with Crippen molar-refractivity contribution in [3.63, 3.8) is 0 Å². The molecule has 4 rings (SSSR count). The van der Waals surface area contributed by atoms with Crippen molar-refractivity contribution < 1.29 is 28.2 Å². The molecule has 0 N–H and O–H groups in total. The molecular formula is C29H43N3O6. The highest BCUT2D eigenvalue weighted by Crippen LogP contribution is 2.37. The van der Waals surface area contributed by atoms with E-state index in [4.69, 9.17) is 18.6 Å². The number of hydrogen-bond acceptors (Lipinski definition) is 8. The second-order valence-corrected chi connectivity index (χ2v) is 11.1. The summed E-state index contributed by atoms with van der Waals surface area (Å²) in [6.07, 6.45) is 2.36. The van der Waals surface area contributed by atoms with E-state index in [-0.39, 0.29) is 12.1 Å². The first-order valence-electron chi connectivity index (χ1n) is 13.9. The molecule has 1 amide bonds. The largest absolute Gasteiger partial charge is 0.465 e. The van der Waals surface area contributed by atoms with Gasteiger partial charge in [-0.1, -0.05) is 6.92 Å². The van der Waals surface area contributed by atoms with Crippen LogP contribution >= 0.6 is 0 Å². The van der Waals surface area contributed by atoms with Crippen LogP contribution in [0.25, 0.3) is 11.0 Å². The number of fused-ring (bicyclic) bond motifs is 1. The molecule has 9 nitrogen and oxygen atoms in total. The van der Waals surface area contributed by atoms with Crippen LogP contribution < -0.4 is 4.90 Å². The van der Waals surface area contributed by atoms with Gasteiger partial charge in [-0.3, -0.25) is 4.90 Å². The van der Waals surface area contributed by atoms with Crippen LogP contribution in [0, 0.1) is 0 Å². The van der Waals surface area contributed by atoms with Gasteiger partial charge in [0.1, 0.15) is 16.9 Å². The van der Waals surface area contributed by atoms with Crippen LogP contribution in [0.15, 0.2) is 16.5 Å². The van der Waals surface area contributed by atoms with Crippen molar-refractivity contribution in [2.75, 3.05) is 57.9 Å². The number of hydrogen-bond donors (Lipinski definition) is 0. The number of carbonyl (C=O) groups is 2. The first-order chi connectivity index (χ1) is 18.1. The fraction of sp³-hybridized carbons (Fsp3) is 0.655. The van der Waals surface area contributed by atoms with E-state index in [1.54, 1.807) is 4.90 Å². The zero-order valence-electron chi connectivity index (χ0n) is 23.8. The molecule has 0 atom stereocenters. The summed E-state index contributed by atoms with van der Waals surface area (Å²) in [5, 5.41) is 0.794. The fourth-order valence-electron chi connectivity index (χ4n) is 5.55. The van der Waals surface area contributed by atoms with Gasteiger partial charge < -0.3 is 28.4 Å². The molecule has 2 fully saturated rings. The molecule has 0 unspecified atom stereocenters. The predicted molar refractivity (Wildman–Crippen MR) is 147 cm³/mol. The Labute approximate surface area is 226 Å². The number of carbonyl (C=O) groups excluding carboxylic acids is 2. The zero-order chi connectivity index (χ0) is 27.4. The van der Waals surface area contributed by atoms with E-state index < -0.39 is 5.60 Å². The van der Waals surface area contributed by atoms with E-state index in [0.717, 1.165) is 68.1 Å². The van der Waals surface area contributed by atoms with Crippen LogP contribution in [0.3, 0.4) is 0 Å². The summed E-state index contributed by atoms with van der Waals surface area (Å²) in [5.74, 6) is 0.458. The van der Waals surface area contributed by atoms with Gasteiger partial charge in [0, 0.05) is 69.1 Å². The van der Waals surface area contributed by atoms with E-state index in [9.17, 15) is 9.59 Å². The van der Waals surface area contributed by atoms with Gasteiger partial charge in [0.25, 0.3) is 0 Å². The third-order valence-corrected chi connectivity index (χ3v) is 7.39. The Bertz CT molecular complexity index is 1120. The van der Waals surface area contributed by atoms with Crippen molar-refractivity contribution in [3.05, 3.63) is 29.0 Å². The number of rotatable bonds is 7. The number of esters is 1. The summed E-state index contributed by atoms with van der Waals surface area (Å²) in [7, 11) is 1.43. The van der Waals surface area contributed by atoms with Gasteiger partial charge in [-0.05, 0) is 58.6 Å². The lowest BCUT2D eigenvalue weighted by atomic mass is 9.96. The summed E-state index contributed by atoms with van der Waals surface area (Å²) in [6, 6.07) is 4.44. The quantitative estimate of drug-likeness (QED) is 0.471. The minimum atomic E-state index is -0.506. The Morgan fingerprint density at radius 2 is 1.76 bits per heavy atom. The van der Waals surface area contributed by atoms with Gasteiger partial charge in [-0.15, -0.1) is 0 Å². The minimum Gasteiger partial charge on any atom is -0.465 e. The van der Waals surface area contributed by atoms with Crippen LogP contribution in [0.2, 0.25) is 0 Å². The number of furan rings is 1. The lowest BCUT2D eigenvalue weighted by molar-refractivity contribution is 0.0134. The van der Waals surface area contributed by atoms with Crippen molar-refractivity contribution in [1.29, 1.82) is 0 Å². The summed E-state index contributed by atoms with van der Waals surface area (Å²) in [6.45, 7) is 15.5. The predicted octanol–water partition coefficient (Wildman–Crippen LogP) is 4.84. The van der Waals surface area contributed by atoms with E-state index in [1.165, 1.54) is 7.11 Å². The van der Waals surface area contributed by atoms with Gasteiger partial charge in [-0.2, -0.15) is 0 Å². The summed E-state index contributed by atoms with van der Waals surface area (Å²) >= 11 is 0. The molecule has 1 aromatic carbocycles. The van der Waals surface area contributed by atoms with E-state index in [1.807, 2.05) is 26.8 Å². The monoisotopic (exact) mass is 529 g/mol. The minimum absolute atomic E-state index is 0.270. The Morgan fingerprint density at radius 1 is 1.08 bits per heavy atom. The van der Waals surface area contributed by atoms with E-state index in [0.29, 0.717) is 43.2 Å². The highest BCUT2D eigenvalue weighted by molar-refractivity contribution is 6.07. The van der Waals surface area contributed by atoms with Crippen molar-refractivity contribution in [2.24, 2.45) is 0 Å². The lowest BCUT2D eigenvalue weighted by Gasteiger charge is -2.36. The molecule has 0 spiro atoms. The Kier molecular flexibility index (Phi) is 8.88. The standard InChI is InChI=1S/C29H43N3O6/c1-7-22-24(32(8-2)20-9-15-36-16-10-20)18-25-23(26(22)27(33)35-6)17-21(37-25)19-30-11-13-31(14-12-30)28(34)38-29(3,4)5/h17-18,20H,7-16,19H2,1-6H3. The van der Waals surface area contributed by atoms with Gasteiger partial charge >= 0.3 is 12.1 Å². The number of piperazine rings is 1. The first kappa shape index (κ1) is 28.2. The maximum atomic E-state index is 13.1. The molecule has 0 aliphatic carbocycles. The number of nitrogens with zero attached hydrogens (tertiary/aromatic N) is 3. The van der Waals surface area contributed by atoms with E-state index >= 15 is 0 Å². The Morgan fingerprint density at radius 3 is 2.34 bits per heavy atom. The number of benzene rings is 1. The number of amides is 1. The number of anilines is 1. The van der Waals surface area contributed by atoms with Crippen LogP contribution in [-0.2, 0) is 27.2 Å². The number of ether oxygens (including phenoxy) is 3. The molecular weight excluding hydrogens is 486 g/mol. The normalized spacial score (nSPS) is 17.6. The molecule has 0 radical (unpaired) electrons. The lowest BCUT2D eigenvalue weighted by Crippen LogP contribution is -2.49. The molecule has 2 saturated heterocycles. The topological polar surface area (TPSA) is 84.7 Å². The van der Waals surface area contributed by atoms with Gasteiger partial charge in [0.2, 0.25) is 0 Å². The molecule has 38 heavy (non-hydrogen) atoms. The van der Waals surface area contributed by atoms with Crippen molar-refractivity contribution >= 4 is 28.7 Å². The second kappa shape index (κ2) is 11.9. The summed E-state index contributed by atoms with van der Waals surface area (Å²) in [5.41, 5.74) is 2.83. The molecule has 1 aromatic heterocycles. The molecule has 2 aliphatic heterocycles. The van der Waals surface area contributed by atoms with Crippen molar-refractivity contribution in [1.82, 2.24) is 9.80 Å². The fourth-order valence-corrected chi connectivity index (χ4v) is 5.55. The molecule has 2 aliphatic rings. The Hall–Kier alpha value is -2.78. The molecule has 0 saturated carbocycles. The van der Waals surface area contributed by atoms with Gasteiger partial charge in [0.05, 0.1) is 19.2 Å². The summed E-state index contributed by atoms with van der Waals surface area (Å²) < 4.78 is 22.7. The summed E-state index contributed by atoms with van der Waals surface area (Å²) in [4.78, 5) is 31.9. The van der Waals surface area contributed by atoms with Crippen molar-refractivity contribution in [2.45, 2.75) is 72.1 Å². The maximum absolute atomic E-state index is 13.1. The zero-order valence-corrected chi connectivity index (χ0v) is 23.8. The first-order valence-corrected chi connectivity index (χ1v) is 13.9. The highest BCUT2D eigenvalue weighted by Gasteiger charge is 2.29. The smallest absolute Gasteiger partial charge is 0.410 e. The third-order valence-electron chi connectivity index (χ3n) is 7.39. The van der Waals surface area contributed by atoms with Gasteiger partial charge in [0.15, 0.2) is 0 Å². The SMILES string of the molecule is CCc1c(N(CC)C2CCOCC2)cc2oc(CN3CCN(C(=O)OC(C)(C)C)CC3)cc2c1C(=O)OC. The van der Waals surface area contributed by atoms with Crippen molar-refractivity contribution in [3.8, 4) is 0 Å². The van der Waals surface area contributed by atoms with Crippen LogP contribution in [-0.4, -0.2) is 86.6 Å². The van der Waals surface area contributed by atoms with E-state index in [2.05, 4.69) is 29.7 Å². The molecule has 2 aromatic rings. The average Bonchev–Trinajstić information content (AvgIpc) is 3.29. The molecule has 210 valence electrons. The van der Waals surface area contributed by atoms with Crippen LogP contribution in [0.4, 0.5) is 10.5 Å². The highest BCUT2D eigenvalue weighted by atomic mass is 16.6. The van der Waals surface area contributed by atoms with Crippen LogP contribution in [0.5, 0.6) is 0 Å². The number of methoxy groups -OCH3 is 1. The Balaban J connectivity index is 1.59. The average molecular weight is 530 g/mol. The third kappa shape index (κ3) is 6.26. The second-order valence-electron chi connectivity index (χ2n) is 11.1. The molecule has 3 heterocycles. The molecule has 9 heteroatoms. The molecule has 0 bridgehead atoms.